The van der Waals surface area contributed by atoms with E-state index in [1.165, 1.54) is 16.2 Å². The number of hydrogen-bond donors (Lipinski definition) is 1. The minimum Gasteiger partial charge on any atom is -0.335 e. The van der Waals surface area contributed by atoms with Gasteiger partial charge in [0.25, 0.3) is 20.7 Å². The van der Waals surface area contributed by atoms with E-state index >= 15 is 0 Å². The van der Waals surface area contributed by atoms with Gasteiger partial charge in [-0.15, -0.1) is 17.9 Å². The number of thiazole rings is 2. The van der Waals surface area contributed by atoms with Gasteiger partial charge >= 0.3 is 0 Å². The molecule has 0 unspecified atom stereocenters. The molecule has 6 rings (SSSR count). The molecule has 3 aromatic carbocycles. The quantitative estimate of drug-likeness (QED) is 0.105. The monoisotopic (exact) mass is 700 g/mol. The molecule has 240 valence electrons. The van der Waals surface area contributed by atoms with Crippen molar-refractivity contribution in [1.82, 2.24) is 9.47 Å². The lowest BCUT2D eigenvalue weighted by Crippen LogP contribution is -2.37. The summed E-state index contributed by atoms with van der Waals surface area (Å²) >= 11 is 4.70. The van der Waals surface area contributed by atoms with E-state index in [0.29, 0.717) is 17.6 Å². The second-order valence-electron chi connectivity index (χ2n) is 10.8. The van der Waals surface area contributed by atoms with E-state index < -0.39 is 10.1 Å². The summed E-state index contributed by atoms with van der Waals surface area (Å²) < 4.78 is 38.3. The molecule has 1 aliphatic rings. The Balaban J connectivity index is 1.43. The molecule has 5 aromatic rings. The van der Waals surface area contributed by atoms with E-state index in [9.17, 15) is 17.8 Å². The maximum atomic E-state index is 13.8. The molecule has 0 radical (unpaired) electrons. The smallest absolute Gasteiger partial charge is 0.269 e. The summed E-state index contributed by atoms with van der Waals surface area (Å²) in [7, 11) is -4.07. The molecule has 3 heterocycles. The number of aromatic nitrogens is 2. The number of hydrogen-bond acceptors (Lipinski definition) is 7. The average Bonchev–Trinajstić information content (AvgIpc) is 3.71. The van der Waals surface area contributed by atoms with Crippen molar-refractivity contribution in [2.24, 2.45) is 0 Å². The first-order chi connectivity index (χ1) is 22.8. The Kier molecular flexibility index (Phi) is 10.1. The fraction of sp³-hybridized carbons (Fsp3) is 0.167. The van der Waals surface area contributed by atoms with E-state index in [2.05, 4.69) is 71.5 Å². The number of allylic oxidation sites excluding steroid dienone is 2. The summed E-state index contributed by atoms with van der Waals surface area (Å²) in [6, 6.07) is 28.7. The van der Waals surface area contributed by atoms with Gasteiger partial charge in [-0.2, -0.15) is 13.0 Å². The maximum Gasteiger partial charge on any atom is 0.269 e. The third-order valence-corrected chi connectivity index (χ3v) is 11.8. The molecule has 11 heteroatoms. The van der Waals surface area contributed by atoms with Crippen LogP contribution in [0.5, 0.6) is 0 Å². The lowest BCUT2D eigenvalue weighted by atomic mass is 10.1. The molecular weight excluding hydrogens is 667 g/mol. The van der Waals surface area contributed by atoms with Gasteiger partial charge in [-0.05, 0) is 36.3 Å². The number of benzene rings is 3. The SMILES string of the molecule is C=CCn1c(=Cc2sc3ccccc3[n+]2CCCS(=O)(=O)O)sc(=CC=C2SC(c3ccccc3)=C(c3ccccc3)N2CC)c1=O. The van der Waals surface area contributed by atoms with Crippen molar-refractivity contribution >= 4 is 77.5 Å². The summed E-state index contributed by atoms with van der Waals surface area (Å²) in [6.45, 7) is 7.54. The van der Waals surface area contributed by atoms with E-state index in [4.69, 9.17) is 0 Å². The van der Waals surface area contributed by atoms with Gasteiger partial charge in [0.05, 0.1) is 27.1 Å². The highest BCUT2D eigenvalue weighted by molar-refractivity contribution is 8.12. The highest BCUT2D eigenvalue weighted by atomic mass is 32.2. The fourth-order valence-electron chi connectivity index (χ4n) is 5.55. The lowest BCUT2D eigenvalue weighted by Gasteiger charge is -2.21. The molecule has 0 bridgehead atoms. The highest BCUT2D eigenvalue weighted by Gasteiger charge is 2.29. The Bertz CT molecular complexity index is 2280. The van der Waals surface area contributed by atoms with E-state index in [0.717, 1.165) is 48.3 Å². The number of para-hydroxylation sites is 1. The first-order valence-electron chi connectivity index (χ1n) is 15.2. The van der Waals surface area contributed by atoms with Gasteiger partial charge in [-0.25, -0.2) is 0 Å². The van der Waals surface area contributed by atoms with Gasteiger partial charge in [0.15, 0.2) is 6.54 Å². The Labute approximate surface area is 286 Å². The first kappa shape index (κ1) is 32.9. The van der Waals surface area contributed by atoms with Crippen LogP contribution in [0.3, 0.4) is 0 Å². The second kappa shape index (κ2) is 14.4. The van der Waals surface area contributed by atoms with Crippen LogP contribution in [0.2, 0.25) is 0 Å². The molecule has 7 nitrogen and oxygen atoms in total. The molecule has 0 saturated heterocycles. The number of thioether (sulfide) groups is 1. The van der Waals surface area contributed by atoms with Crippen LogP contribution in [0.15, 0.2) is 113 Å². The van der Waals surface area contributed by atoms with Crippen molar-refractivity contribution in [1.29, 1.82) is 0 Å². The van der Waals surface area contributed by atoms with Gasteiger partial charge in [0, 0.05) is 30.5 Å². The molecule has 0 fully saturated rings. The third-order valence-electron chi connectivity index (χ3n) is 7.65. The molecule has 0 atom stereocenters. The molecule has 0 saturated carbocycles. The van der Waals surface area contributed by atoms with Gasteiger partial charge in [0.1, 0.15) is 9.36 Å². The van der Waals surface area contributed by atoms with Crippen LogP contribution in [0.4, 0.5) is 0 Å². The average molecular weight is 701 g/mol. The normalized spacial score (nSPS) is 15.4. The van der Waals surface area contributed by atoms with Crippen LogP contribution in [-0.4, -0.2) is 34.7 Å². The molecule has 1 aliphatic heterocycles. The largest absolute Gasteiger partial charge is 0.335 e. The van der Waals surface area contributed by atoms with Gasteiger partial charge < -0.3 is 4.90 Å². The van der Waals surface area contributed by atoms with Crippen LogP contribution in [-0.2, 0) is 23.2 Å². The van der Waals surface area contributed by atoms with Crippen LogP contribution in [0, 0.1) is 0 Å². The van der Waals surface area contributed by atoms with Gasteiger partial charge in [-0.1, -0.05) is 102 Å². The van der Waals surface area contributed by atoms with Crippen molar-refractivity contribution < 1.29 is 17.5 Å². The highest BCUT2D eigenvalue weighted by Crippen LogP contribution is 2.50. The number of rotatable bonds is 11. The predicted molar refractivity (Wildman–Crippen MR) is 197 cm³/mol. The van der Waals surface area contributed by atoms with Gasteiger partial charge in [-0.3, -0.25) is 13.9 Å². The first-order valence-corrected chi connectivity index (χ1v) is 19.2. The Morgan fingerprint density at radius 1 is 0.915 bits per heavy atom. The summed E-state index contributed by atoms with van der Waals surface area (Å²) in [5, 5.41) is 1.93. The minimum absolute atomic E-state index is 0.0948. The maximum absolute atomic E-state index is 13.8. The Morgan fingerprint density at radius 2 is 1.60 bits per heavy atom. The standard InChI is InChI=1S/C36H33N3O4S4/c1-3-22-39-33(25-32-38(23-13-24-47(41,42)43)28-18-11-12-19-29(28)44-32)45-30(36(39)40)20-21-31-37(4-2)34(26-14-7-5-8-15-26)35(46-31)27-16-9-6-10-17-27/h3,5-12,14-21,25H,1,4,13,22-24H2,2H3/p+1. The summed E-state index contributed by atoms with van der Waals surface area (Å²) in [4.78, 5) is 17.2. The zero-order chi connectivity index (χ0) is 33.0. The van der Waals surface area contributed by atoms with Crippen molar-refractivity contribution in [2.45, 2.75) is 26.4 Å². The molecule has 0 aliphatic carbocycles. The van der Waals surface area contributed by atoms with E-state index in [-0.39, 0.29) is 17.7 Å². The molecular formula is C36H34N3O4S4+. The van der Waals surface area contributed by atoms with Crippen molar-refractivity contribution in [3.05, 3.63) is 144 Å². The third kappa shape index (κ3) is 7.29. The van der Waals surface area contributed by atoms with Crippen LogP contribution >= 0.6 is 34.4 Å². The predicted octanol–water partition coefficient (Wildman–Crippen LogP) is 5.92. The molecule has 0 amide bonds. The molecule has 1 N–H and O–H groups in total. The topological polar surface area (TPSA) is 83.5 Å². The molecule has 2 aromatic heterocycles. The van der Waals surface area contributed by atoms with Crippen LogP contribution in [0.25, 0.3) is 33.0 Å². The number of aryl methyl sites for hydroxylation is 1. The van der Waals surface area contributed by atoms with Crippen LogP contribution < -0.4 is 19.3 Å². The molecule has 0 spiro atoms. The van der Waals surface area contributed by atoms with Crippen molar-refractivity contribution in [3.63, 3.8) is 0 Å². The zero-order valence-electron chi connectivity index (χ0n) is 25.8. The summed E-state index contributed by atoms with van der Waals surface area (Å²) in [5.74, 6) is -0.322. The number of nitrogens with zero attached hydrogens (tertiary/aromatic N) is 3. The summed E-state index contributed by atoms with van der Waals surface area (Å²) in [6.07, 6.45) is 7.92. The van der Waals surface area contributed by atoms with Crippen LogP contribution in [0.1, 0.15) is 29.5 Å². The fourth-order valence-corrected chi connectivity index (χ4v) is 9.50. The Hall–Kier alpha value is -4.00. The number of fused-ring (bicyclic) bond motifs is 1. The van der Waals surface area contributed by atoms with E-state index in [1.54, 1.807) is 33.7 Å². The molecule has 47 heavy (non-hydrogen) atoms. The lowest BCUT2D eigenvalue weighted by molar-refractivity contribution is -0.668. The zero-order valence-corrected chi connectivity index (χ0v) is 29.0. The second-order valence-corrected chi connectivity index (χ2v) is 15.5. The summed E-state index contributed by atoms with van der Waals surface area (Å²) in [5.41, 5.74) is 4.31. The van der Waals surface area contributed by atoms with Crippen molar-refractivity contribution in [2.75, 3.05) is 12.3 Å². The Morgan fingerprint density at radius 3 is 2.28 bits per heavy atom. The minimum atomic E-state index is -4.07. The van der Waals surface area contributed by atoms with Gasteiger partial charge in [0.2, 0.25) is 5.52 Å². The van der Waals surface area contributed by atoms with E-state index in [1.807, 2.05) is 54.6 Å². The van der Waals surface area contributed by atoms with Crippen molar-refractivity contribution in [3.8, 4) is 0 Å².